The number of nitrogens with zero attached hydrogens (tertiary/aromatic N) is 1. The average Bonchev–Trinajstić information content (AvgIpc) is 2.04. The van der Waals surface area contributed by atoms with Crippen molar-refractivity contribution in [3.05, 3.63) is 24.5 Å². The van der Waals surface area contributed by atoms with E-state index in [4.69, 9.17) is 4.74 Å². The molecule has 0 aliphatic carbocycles. The molecule has 0 aromatic carbocycles. The molecule has 13 heavy (non-hydrogen) atoms. The van der Waals surface area contributed by atoms with Gasteiger partial charge in [-0.15, -0.1) is 0 Å². The molecule has 0 bridgehead atoms. The molecule has 1 rings (SSSR count). The third kappa shape index (κ3) is 4.48. The van der Waals surface area contributed by atoms with Crippen molar-refractivity contribution in [3.63, 3.8) is 0 Å². The molecular weight excluding hydrogens is 166 g/mol. The van der Waals surface area contributed by atoms with E-state index in [2.05, 4.69) is 4.98 Å². The summed E-state index contributed by atoms with van der Waals surface area (Å²) in [4.78, 5) is 3.87. The molecule has 0 aliphatic rings. The van der Waals surface area contributed by atoms with Crippen molar-refractivity contribution in [2.24, 2.45) is 0 Å². The van der Waals surface area contributed by atoms with Gasteiger partial charge in [0.1, 0.15) is 5.75 Å². The Bertz CT molecular complexity index is 241. The summed E-state index contributed by atoms with van der Waals surface area (Å²) in [5.41, 5.74) is -0.660. The molecule has 0 radical (unpaired) electrons. The van der Waals surface area contributed by atoms with Crippen LogP contribution in [-0.2, 0) is 0 Å². The highest BCUT2D eigenvalue weighted by molar-refractivity contribution is 5.16. The van der Waals surface area contributed by atoms with E-state index in [-0.39, 0.29) is 0 Å². The zero-order valence-electron chi connectivity index (χ0n) is 8.03. The van der Waals surface area contributed by atoms with Crippen molar-refractivity contribution in [1.82, 2.24) is 4.98 Å². The van der Waals surface area contributed by atoms with Crippen LogP contribution in [0.2, 0.25) is 0 Å². The van der Waals surface area contributed by atoms with Gasteiger partial charge in [-0.2, -0.15) is 0 Å². The molecule has 0 amide bonds. The number of aliphatic hydroxyl groups is 1. The topological polar surface area (TPSA) is 42.4 Å². The zero-order chi connectivity index (χ0) is 9.73. The first kappa shape index (κ1) is 9.99. The van der Waals surface area contributed by atoms with Gasteiger partial charge in [-0.25, -0.2) is 0 Å². The van der Waals surface area contributed by atoms with Crippen LogP contribution in [-0.4, -0.2) is 22.3 Å². The fraction of sp³-hybridized carbons (Fsp3) is 0.500. The van der Waals surface area contributed by atoms with E-state index in [1.807, 2.05) is 0 Å². The Hall–Kier alpha value is -1.09. The summed E-state index contributed by atoms with van der Waals surface area (Å²) in [6.07, 6.45) is 3.98. The average molecular weight is 181 g/mol. The van der Waals surface area contributed by atoms with Gasteiger partial charge in [-0.1, -0.05) is 0 Å². The molecule has 1 heterocycles. The normalized spacial score (nSPS) is 11.3. The van der Waals surface area contributed by atoms with Crippen LogP contribution < -0.4 is 4.74 Å². The highest BCUT2D eigenvalue weighted by atomic mass is 16.5. The van der Waals surface area contributed by atoms with Gasteiger partial charge >= 0.3 is 0 Å². The Kier molecular flexibility index (Phi) is 3.25. The molecule has 3 heteroatoms. The second kappa shape index (κ2) is 4.23. The van der Waals surface area contributed by atoms with Crippen LogP contribution in [0.1, 0.15) is 20.3 Å². The highest BCUT2D eigenvalue weighted by Crippen LogP contribution is 2.11. The van der Waals surface area contributed by atoms with E-state index in [1.54, 1.807) is 38.4 Å². The van der Waals surface area contributed by atoms with Gasteiger partial charge in [0.2, 0.25) is 0 Å². The van der Waals surface area contributed by atoms with Crippen molar-refractivity contribution < 1.29 is 9.84 Å². The quantitative estimate of drug-likeness (QED) is 0.767. The van der Waals surface area contributed by atoms with Crippen LogP contribution in [0.5, 0.6) is 5.75 Å². The molecule has 0 atom stereocenters. The first-order valence-corrected chi connectivity index (χ1v) is 4.33. The molecule has 0 unspecified atom stereocenters. The lowest BCUT2D eigenvalue weighted by Crippen LogP contribution is -2.21. The molecule has 0 fully saturated rings. The van der Waals surface area contributed by atoms with Crippen LogP contribution in [0.15, 0.2) is 24.5 Å². The summed E-state index contributed by atoms with van der Waals surface area (Å²) in [7, 11) is 0. The SMILES string of the molecule is CC(C)(O)CCOc1ccncc1. The molecule has 0 saturated heterocycles. The third-order valence-corrected chi connectivity index (χ3v) is 1.63. The molecule has 0 aliphatic heterocycles. The second-order valence-electron chi connectivity index (χ2n) is 3.59. The summed E-state index contributed by atoms with van der Waals surface area (Å²) < 4.78 is 5.38. The van der Waals surface area contributed by atoms with Crippen LogP contribution in [0.4, 0.5) is 0 Å². The monoisotopic (exact) mass is 181 g/mol. The van der Waals surface area contributed by atoms with Crippen LogP contribution >= 0.6 is 0 Å². The first-order valence-electron chi connectivity index (χ1n) is 4.33. The number of aromatic nitrogens is 1. The van der Waals surface area contributed by atoms with Crippen molar-refractivity contribution in [2.45, 2.75) is 25.9 Å². The summed E-state index contributed by atoms with van der Waals surface area (Å²) in [6.45, 7) is 4.05. The van der Waals surface area contributed by atoms with Crippen molar-refractivity contribution in [2.75, 3.05) is 6.61 Å². The van der Waals surface area contributed by atoms with E-state index in [9.17, 15) is 5.11 Å². The molecule has 0 spiro atoms. The summed E-state index contributed by atoms with van der Waals surface area (Å²) in [6, 6.07) is 3.59. The number of rotatable bonds is 4. The zero-order valence-corrected chi connectivity index (χ0v) is 8.03. The fourth-order valence-electron chi connectivity index (χ4n) is 0.853. The van der Waals surface area contributed by atoms with Crippen LogP contribution in [0, 0.1) is 0 Å². The maximum absolute atomic E-state index is 9.40. The minimum absolute atomic E-state index is 0.521. The van der Waals surface area contributed by atoms with Crippen LogP contribution in [0.3, 0.4) is 0 Å². The number of hydrogen-bond acceptors (Lipinski definition) is 3. The number of hydrogen-bond donors (Lipinski definition) is 1. The van der Waals surface area contributed by atoms with E-state index in [1.165, 1.54) is 0 Å². The molecule has 1 aromatic rings. The van der Waals surface area contributed by atoms with Gasteiger partial charge in [0.15, 0.2) is 0 Å². The molecule has 1 aromatic heterocycles. The molecule has 72 valence electrons. The van der Waals surface area contributed by atoms with E-state index >= 15 is 0 Å². The smallest absolute Gasteiger partial charge is 0.122 e. The predicted molar refractivity (Wildman–Crippen MR) is 50.6 cm³/mol. The van der Waals surface area contributed by atoms with E-state index in [0.29, 0.717) is 13.0 Å². The Balaban J connectivity index is 2.29. The van der Waals surface area contributed by atoms with Gasteiger partial charge in [0, 0.05) is 18.8 Å². The molecule has 3 nitrogen and oxygen atoms in total. The fourth-order valence-corrected chi connectivity index (χ4v) is 0.853. The maximum Gasteiger partial charge on any atom is 0.122 e. The summed E-state index contributed by atoms with van der Waals surface area (Å²) in [5.74, 6) is 0.791. The Labute approximate surface area is 78.4 Å². The van der Waals surface area contributed by atoms with E-state index < -0.39 is 5.60 Å². The Morgan fingerprint density at radius 2 is 2.00 bits per heavy atom. The standard InChI is InChI=1S/C10H15NO2/c1-10(2,12)5-8-13-9-3-6-11-7-4-9/h3-4,6-7,12H,5,8H2,1-2H3. The first-order chi connectivity index (χ1) is 6.08. The van der Waals surface area contributed by atoms with Crippen molar-refractivity contribution in [1.29, 1.82) is 0 Å². The Morgan fingerprint density at radius 3 is 2.54 bits per heavy atom. The molecular formula is C10H15NO2. The minimum atomic E-state index is -0.660. The van der Waals surface area contributed by atoms with E-state index in [0.717, 1.165) is 5.75 Å². The van der Waals surface area contributed by atoms with Gasteiger partial charge < -0.3 is 9.84 Å². The van der Waals surface area contributed by atoms with Crippen LogP contribution in [0.25, 0.3) is 0 Å². The summed E-state index contributed by atoms with van der Waals surface area (Å²) in [5, 5.41) is 9.40. The lowest BCUT2D eigenvalue weighted by Gasteiger charge is -2.16. The molecule has 0 saturated carbocycles. The molecule has 1 N–H and O–H groups in total. The number of ether oxygens (including phenoxy) is 1. The van der Waals surface area contributed by atoms with Crippen molar-refractivity contribution >= 4 is 0 Å². The second-order valence-corrected chi connectivity index (χ2v) is 3.59. The predicted octanol–water partition coefficient (Wildman–Crippen LogP) is 1.62. The lowest BCUT2D eigenvalue weighted by molar-refractivity contribution is 0.0553. The van der Waals surface area contributed by atoms with Gasteiger partial charge in [0.05, 0.1) is 12.2 Å². The van der Waals surface area contributed by atoms with Gasteiger partial charge in [0.25, 0.3) is 0 Å². The van der Waals surface area contributed by atoms with Gasteiger partial charge in [-0.05, 0) is 26.0 Å². The largest absolute Gasteiger partial charge is 0.493 e. The Morgan fingerprint density at radius 1 is 1.38 bits per heavy atom. The number of pyridine rings is 1. The summed E-state index contributed by atoms with van der Waals surface area (Å²) >= 11 is 0. The van der Waals surface area contributed by atoms with Gasteiger partial charge in [-0.3, -0.25) is 4.98 Å². The highest BCUT2D eigenvalue weighted by Gasteiger charge is 2.11. The van der Waals surface area contributed by atoms with Crippen molar-refractivity contribution in [3.8, 4) is 5.75 Å². The minimum Gasteiger partial charge on any atom is -0.493 e. The third-order valence-electron chi connectivity index (χ3n) is 1.63. The maximum atomic E-state index is 9.40. The lowest BCUT2D eigenvalue weighted by atomic mass is 10.1.